The first-order valence-corrected chi connectivity index (χ1v) is 6.35. The monoisotopic (exact) mass is 250 g/mol. The molecule has 1 aliphatic rings. The van der Waals surface area contributed by atoms with Gasteiger partial charge >= 0.3 is 0 Å². The van der Waals surface area contributed by atoms with Gasteiger partial charge in [-0.2, -0.15) is 0 Å². The Hall–Kier alpha value is 0.400. The Balaban J connectivity index is 1.78. The summed E-state index contributed by atoms with van der Waals surface area (Å²) >= 11 is 3.43. The number of alkyl halides is 1. The van der Waals surface area contributed by atoms with Crippen molar-refractivity contribution in [2.75, 3.05) is 18.5 Å². The Kier molecular flexibility index (Phi) is 6.86. The van der Waals surface area contributed by atoms with Crippen molar-refractivity contribution in [2.24, 2.45) is 0 Å². The van der Waals surface area contributed by atoms with E-state index in [2.05, 4.69) is 15.9 Å². The van der Waals surface area contributed by atoms with Gasteiger partial charge in [-0.3, -0.25) is 0 Å². The van der Waals surface area contributed by atoms with Crippen LogP contribution in [-0.4, -0.2) is 24.8 Å². The molecule has 0 bridgehead atoms. The van der Waals surface area contributed by atoms with E-state index in [-0.39, 0.29) is 6.29 Å². The normalized spacial score (nSPS) is 18.2. The van der Waals surface area contributed by atoms with Gasteiger partial charge in [0.2, 0.25) is 0 Å². The zero-order valence-corrected chi connectivity index (χ0v) is 9.72. The smallest absolute Gasteiger partial charge is 0.157 e. The molecular weight excluding hydrogens is 232 g/mol. The minimum atomic E-state index is 0.108. The molecule has 13 heavy (non-hydrogen) atoms. The Bertz CT molecular complexity index is 113. The van der Waals surface area contributed by atoms with Gasteiger partial charge in [0.25, 0.3) is 0 Å². The van der Waals surface area contributed by atoms with Gasteiger partial charge in [0.1, 0.15) is 0 Å². The van der Waals surface area contributed by atoms with Crippen LogP contribution in [-0.2, 0) is 9.47 Å². The van der Waals surface area contributed by atoms with Crippen molar-refractivity contribution < 1.29 is 9.47 Å². The van der Waals surface area contributed by atoms with Gasteiger partial charge in [-0.05, 0) is 19.3 Å². The highest BCUT2D eigenvalue weighted by molar-refractivity contribution is 9.09. The standard InChI is InChI=1S/C10H19BrO2/c11-7-5-3-1-2-4-6-10-12-8-9-13-10/h10H,1-9H2. The SMILES string of the molecule is BrCCCCCCCC1OCCO1. The van der Waals surface area contributed by atoms with E-state index in [4.69, 9.17) is 9.47 Å². The third kappa shape index (κ3) is 5.66. The van der Waals surface area contributed by atoms with Crippen LogP contribution in [0.2, 0.25) is 0 Å². The van der Waals surface area contributed by atoms with E-state index in [0.717, 1.165) is 25.0 Å². The molecule has 1 fully saturated rings. The largest absolute Gasteiger partial charge is 0.350 e. The predicted molar refractivity (Wildman–Crippen MR) is 57.2 cm³/mol. The maximum atomic E-state index is 5.35. The van der Waals surface area contributed by atoms with Crippen LogP contribution < -0.4 is 0 Å². The second-order valence-electron chi connectivity index (χ2n) is 3.42. The summed E-state index contributed by atoms with van der Waals surface area (Å²) in [6, 6.07) is 0. The molecule has 0 aliphatic carbocycles. The molecule has 0 aromatic heterocycles. The Labute approximate surface area is 89.1 Å². The maximum Gasteiger partial charge on any atom is 0.157 e. The first-order valence-electron chi connectivity index (χ1n) is 5.22. The maximum absolute atomic E-state index is 5.35. The van der Waals surface area contributed by atoms with E-state index in [0.29, 0.717) is 0 Å². The summed E-state index contributed by atoms with van der Waals surface area (Å²) in [4.78, 5) is 0. The minimum Gasteiger partial charge on any atom is -0.350 e. The van der Waals surface area contributed by atoms with Gasteiger partial charge in [-0.15, -0.1) is 0 Å². The van der Waals surface area contributed by atoms with Crippen molar-refractivity contribution in [3.63, 3.8) is 0 Å². The van der Waals surface area contributed by atoms with Crippen LogP contribution in [0.15, 0.2) is 0 Å². The summed E-state index contributed by atoms with van der Waals surface area (Å²) in [6.07, 6.45) is 7.74. The number of rotatable bonds is 7. The quantitative estimate of drug-likeness (QED) is 0.511. The molecule has 1 saturated heterocycles. The van der Waals surface area contributed by atoms with E-state index >= 15 is 0 Å². The van der Waals surface area contributed by atoms with Gasteiger partial charge in [0, 0.05) is 5.33 Å². The summed E-state index contributed by atoms with van der Waals surface area (Å²) in [5.74, 6) is 0. The fourth-order valence-electron chi connectivity index (χ4n) is 1.51. The van der Waals surface area contributed by atoms with Gasteiger partial charge in [-0.1, -0.05) is 35.2 Å². The third-order valence-corrected chi connectivity index (χ3v) is 2.83. The molecule has 0 N–H and O–H groups in total. The first kappa shape index (κ1) is 11.5. The molecule has 1 rings (SSSR count). The van der Waals surface area contributed by atoms with Crippen molar-refractivity contribution in [1.29, 1.82) is 0 Å². The van der Waals surface area contributed by atoms with Crippen LogP contribution in [0.3, 0.4) is 0 Å². The summed E-state index contributed by atoms with van der Waals surface area (Å²) in [5.41, 5.74) is 0. The number of unbranched alkanes of at least 4 members (excludes halogenated alkanes) is 4. The molecule has 0 radical (unpaired) electrons. The number of ether oxygens (including phenoxy) is 2. The molecule has 0 aromatic carbocycles. The lowest BCUT2D eigenvalue weighted by Crippen LogP contribution is -2.06. The van der Waals surface area contributed by atoms with Crippen molar-refractivity contribution in [2.45, 2.75) is 44.8 Å². The molecule has 0 unspecified atom stereocenters. The van der Waals surface area contributed by atoms with Gasteiger partial charge in [0.05, 0.1) is 13.2 Å². The lowest BCUT2D eigenvalue weighted by Gasteiger charge is -2.07. The zero-order valence-electron chi connectivity index (χ0n) is 8.14. The summed E-state index contributed by atoms with van der Waals surface area (Å²) in [5, 5.41) is 1.14. The number of hydrogen-bond donors (Lipinski definition) is 0. The second-order valence-corrected chi connectivity index (χ2v) is 4.21. The van der Waals surface area contributed by atoms with Crippen LogP contribution in [0.5, 0.6) is 0 Å². The summed E-state index contributed by atoms with van der Waals surface area (Å²) in [6.45, 7) is 1.57. The molecule has 1 aliphatic heterocycles. The van der Waals surface area contributed by atoms with E-state index in [1.807, 2.05) is 0 Å². The molecule has 0 atom stereocenters. The molecule has 2 nitrogen and oxygen atoms in total. The molecular formula is C10H19BrO2. The third-order valence-electron chi connectivity index (χ3n) is 2.26. The van der Waals surface area contributed by atoms with Gasteiger partial charge in [0.15, 0.2) is 6.29 Å². The van der Waals surface area contributed by atoms with Crippen molar-refractivity contribution in [1.82, 2.24) is 0 Å². The van der Waals surface area contributed by atoms with Gasteiger partial charge in [-0.25, -0.2) is 0 Å². The highest BCUT2D eigenvalue weighted by Gasteiger charge is 2.14. The average molecular weight is 251 g/mol. The Morgan fingerprint density at radius 1 is 0.923 bits per heavy atom. The van der Waals surface area contributed by atoms with E-state index < -0.39 is 0 Å². The Morgan fingerprint density at radius 2 is 1.54 bits per heavy atom. The van der Waals surface area contributed by atoms with E-state index in [9.17, 15) is 0 Å². The van der Waals surface area contributed by atoms with Crippen LogP contribution in [0, 0.1) is 0 Å². The fourth-order valence-corrected chi connectivity index (χ4v) is 1.91. The lowest BCUT2D eigenvalue weighted by molar-refractivity contribution is -0.0480. The molecule has 78 valence electrons. The van der Waals surface area contributed by atoms with E-state index in [1.54, 1.807) is 0 Å². The minimum absolute atomic E-state index is 0.108. The predicted octanol–water partition coefficient (Wildman–Crippen LogP) is 3.09. The van der Waals surface area contributed by atoms with Crippen LogP contribution in [0.4, 0.5) is 0 Å². The zero-order chi connectivity index (χ0) is 9.36. The Morgan fingerprint density at radius 3 is 2.23 bits per heavy atom. The van der Waals surface area contributed by atoms with Crippen LogP contribution in [0.1, 0.15) is 38.5 Å². The molecule has 1 heterocycles. The van der Waals surface area contributed by atoms with Crippen LogP contribution >= 0.6 is 15.9 Å². The van der Waals surface area contributed by atoms with Gasteiger partial charge < -0.3 is 9.47 Å². The highest BCUT2D eigenvalue weighted by Crippen LogP contribution is 2.13. The molecule has 3 heteroatoms. The molecule has 0 amide bonds. The van der Waals surface area contributed by atoms with E-state index in [1.165, 1.54) is 32.1 Å². The van der Waals surface area contributed by atoms with Crippen molar-refractivity contribution in [3.8, 4) is 0 Å². The average Bonchev–Trinajstić information content (AvgIpc) is 2.63. The van der Waals surface area contributed by atoms with Crippen LogP contribution in [0.25, 0.3) is 0 Å². The summed E-state index contributed by atoms with van der Waals surface area (Å²) < 4.78 is 10.7. The topological polar surface area (TPSA) is 18.5 Å². The van der Waals surface area contributed by atoms with Crippen molar-refractivity contribution >= 4 is 15.9 Å². The molecule has 0 saturated carbocycles. The first-order chi connectivity index (χ1) is 6.43. The lowest BCUT2D eigenvalue weighted by atomic mass is 10.1. The number of hydrogen-bond acceptors (Lipinski definition) is 2. The molecule has 0 aromatic rings. The molecule has 0 spiro atoms. The van der Waals surface area contributed by atoms with Crippen molar-refractivity contribution in [3.05, 3.63) is 0 Å². The number of halogens is 1. The summed E-state index contributed by atoms with van der Waals surface area (Å²) in [7, 11) is 0. The second kappa shape index (κ2) is 7.77. The fraction of sp³-hybridized carbons (Fsp3) is 1.00. The highest BCUT2D eigenvalue weighted by atomic mass is 79.9.